The Hall–Kier alpha value is -1.19. The van der Waals surface area contributed by atoms with Gasteiger partial charge in [-0.15, -0.1) is 11.3 Å². The van der Waals surface area contributed by atoms with Gasteiger partial charge < -0.3 is 9.53 Å². The molecular weight excluding hydrogens is 244 g/mol. The molecule has 0 spiro atoms. The van der Waals surface area contributed by atoms with Crippen molar-refractivity contribution in [2.24, 2.45) is 0 Å². The van der Waals surface area contributed by atoms with E-state index in [1.54, 1.807) is 18.3 Å². The monoisotopic (exact) mass is 260 g/mol. The summed E-state index contributed by atoms with van der Waals surface area (Å²) in [6.07, 6.45) is 1.55. The lowest BCUT2D eigenvalue weighted by molar-refractivity contribution is -0.119. The first-order chi connectivity index (χ1) is 8.71. The van der Waals surface area contributed by atoms with Crippen molar-refractivity contribution in [1.82, 2.24) is 0 Å². The fourth-order valence-electron chi connectivity index (χ4n) is 2.59. The Morgan fingerprint density at radius 3 is 2.83 bits per heavy atom. The van der Waals surface area contributed by atoms with Crippen LogP contribution in [-0.4, -0.2) is 19.0 Å². The molecule has 0 radical (unpaired) electrons. The number of ether oxygens (including phenoxy) is 1. The summed E-state index contributed by atoms with van der Waals surface area (Å²) < 4.78 is 6.76. The van der Waals surface area contributed by atoms with Crippen molar-refractivity contribution in [1.29, 1.82) is 0 Å². The van der Waals surface area contributed by atoms with Gasteiger partial charge in [-0.3, -0.25) is 0 Å². The molecule has 0 amide bonds. The zero-order chi connectivity index (χ0) is 12.6. The van der Waals surface area contributed by atoms with Crippen LogP contribution >= 0.6 is 11.3 Å². The first-order valence-corrected chi connectivity index (χ1v) is 7.13. The summed E-state index contributed by atoms with van der Waals surface area (Å²) in [5.74, 6) is 0.265. The molecule has 1 aromatic carbocycles. The Morgan fingerprint density at radius 1 is 1.39 bits per heavy atom. The van der Waals surface area contributed by atoms with Gasteiger partial charge in [0.15, 0.2) is 0 Å². The van der Waals surface area contributed by atoms with Gasteiger partial charge in [0.05, 0.1) is 13.2 Å². The van der Waals surface area contributed by atoms with Crippen LogP contribution in [0.1, 0.15) is 25.3 Å². The lowest BCUT2D eigenvalue weighted by atomic mass is 9.74. The van der Waals surface area contributed by atoms with E-state index in [9.17, 15) is 4.79 Å². The number of Topliss-reactive ketones (excluding diaryl/α,β-unsaturated/α-hetero) is 1. The van der Waals surface area contributed by atoms with E-state index in [4.69, 9.17) is 4.74 Å². The SMILES string of the molecule is CC(=O)CCC1(c2csc3ccccc23)COC1. The molecule has 3 rings (SSSR count). The normalized spacial score (nSPS) is 17.6. The van der Waals surface area contributed by atoms with E-state index in [1.165, 1.54) is 15.6 Å². The molecule has 2 heterocycles. The minimum absolute atomic E-state index is 0.0747. The fourth-order valence-corrected chi connectivity index (χ4v) is 3.67. The Morgan fingerprint density at radius 2 is 2.17 bits per heavy atom. The molecule has 1 aliphatic heterocycles. The van der Waals surface area contributed by atoms with Crippen molar-refractivity contribution in [2.45, 2.75) is 25.2 Å². The van der Waals surface area contributed by atoms with Crippen molar-refractivity contribution >= 4 is 27.2 Å². The molecular formula is C15H16O2S. The van der Waals surface area contributed by atoms with Crippen molar-refractivity contribution in [2.75, 3.05) is 13.2 Å². The molecule has 1 fully saturated rings. The molecule has 1 aliphatic rings. The molecule has 2 nitrogen and oxygen atoms in total. The molecule has 0 saturated carbocycles. The average Bonchev–Trinajstić information content (AvgIpc) is 2.72. The van der Waals surface area contributed by atoms with E-state index < -0.39 is 0 Å². The van der Waals surface area contributed by atoms with Crippen molar-refractivity contribution in [3.63, 3.8) is 0 Å². The number of benzene rings is 1. The van der Waals surface area contributed by atoms with E-state index in [0.717, 1.165) is 19.6 Å². The summed E-state index contributed by atoms with van der Waals surface area (Å²) in [4.78, 5) is 11.2. The van der Waals surface area contributed by atoms with Gasteiger partial charge in [-0.25, -0.2) is 0 Å². The second-order valence-corrected chi connectivity index (χ2v) is 6.03. The largest absolute Gasteiger partial charge is 0.379 e. The van der Waals surface area contributed by atoms with Crippen LogP contribution in [0.5, 0.6) is 0 Å². The van der Waals surface area contributed by atoms with E-state index in [0.29, 0.717) is 6.42 Å². The van der Waals surface area contributed by atoms with Gasteiger partial charge in [0.2, 0.25) is 0 Å². The zero-order valence-corrected chi connectivity index (χ0v) is 11.3. The van der Waals surface area contributed by atoms with Gasteiger partial charge >= 0.3 is 0 Å². The highest BCUT2D eigenvalue weighted by atomic mass is 32.1. The predicted octanol–water partition coefficient (Wildman–Crippen LogP) is 3.54. The smallest absolute Gasteiger partial charge is 0.129 e. The van der Waals surface area contributed by atoms with Crippen LogP contribution in [0.4, 0.5) is 0 Å². The number of carbonyl (C=O) groups excluding carboxylic acids is 1. The van der Waals surface area contributed by atoms with Crippen LogP contribution in [0, 0.1) is 0 Å². The first kappa shape index (κ1) is 11.9. The second kappa shape index (κ2) is 4.48. The number of fused-ring (bicyclic) bond motifs is 1. The number of rotatable bonds is 4. The lowest BCUT2D eigenvalue weighted by Gasteiger charge is -2.41. The maximum absolute atomic E-state index is 11.2. The van der Waals surface area contributed by atoms with Crippen molar-refractivity contribution in [3.8, 4) is 0 Å². The number of hydrogen-bond acceptors (Lipinski definition) is 3. The molecule has 0 atom stereocenters. The number of thiophene rings is 1. The molecule has 18 heavy (non-hydrogen) atoms. The molecule has 1 saturated heterocycles. The highest BCUT2D eigenvalue weighted by Crippen LogP contribution is 2.42. The highest BCUT2D eigenvalue weighted by Gasteiger charge is 2.41. The van der Waals surface area contributed by atoms with Crippen LogP contribution in [0.15, 0.2) is 29.6 Å². The second-order valence-electron chi connectivity index (χ2n) is 5.12. The van der Waals surface area contributed by atoms with Gasteiger partial charge in [-0.2, -0.15) is 0 Å². The summed E-state index contributed by atoms with van der Waals surface area (Å²) in [6.45, 7) is 3.17. The molecule has 0 bridgehead atoms. The molecule has 0 N–H and O–H groups in total. The summed E-state index contributed by atoms with van der Waals surface area (Å²) >= 11 is 1.78. The molecule has 0 aliphatic carbocycles. The Bertz CT molecular complexity index is 581. The van der Waals surface area contributed by atoms with Crippen molar-refractivity contribution in [3.05, 3.63) is 35.2 Å². The lowest BCUT2D eigenvalue weighted by Crippen LogP contribution is -2.46. The Balaban J connectivity index is 1.98. The Labute approximate surface area is 111 Å². The predicted molar refractivity (Wildman–Crippen MR) is 74.2 cm³/mol. The van der Waals surface area contributed by atoms with Crippen LogP contribution in [0.25, 0.3) is 10.1 Å². The number of ketones is 1. The average molecular weight is 260 g/mol. The molecule has 2 aromatic rings. The Kier molecular flexibility index (Phi) is 2.96. The van der Waals surface area contributed by atoms with Crippen LogP contribution < -0.4 is 0 Å². The zero-order valence-electron chi connectivity index (χ0n) is 10.4. The third-order valence-corrected chi connectivity index (χ3v) is 4.73. The summed E-state index contributed by atoms with van der Waals surface area (Å²) in [5, 5.41) is 3.57. The highest BCUT2D eigenvalue weighted by molar-refractivity contribution is 7.17. The van der Waals surface area contributed by atoms with E-state index in [2.05, 4.69) is 29.6 Å². The molecule has 94 valence electrons. The van der Waals surface area contributed by atoms with E-state index in [1.807, 2.05) is 0 Å². The fraction of sp³-hybridized carbons (Fsp3) is 0.400. The topological polar surface area (TPSA) is 26.3 Å². The van der Waals surface area contributed by atoms with Crippen LogP contribution in [-0.2, 0) is 14.9 Å². The van der Waals surface area contributed by atoms with Gasteiger partial charge in [0.1, 0.15) is 5.78 Å². The summed E-state index contributed by atoms with van der Waals surface area (Å²) in [7, 11) is 0. The van der Waals surface area contributed by atoms with Gasteiger partial charge in [0.25, 0.3) is 0 Å². The number of carbonyl (C=O) groups is 1. The first-order valence-electron chi connectivity index (χ1n) is 6.25. The minimum atomic E-state index is 0.0747. The summed E-state index contributed by atoms with van der Waals surface area (Å²) in [6, 6.07) is 8.48. The molecule has 1 aromatic heterocycles. The van der Waals surface area contributed by atoms with Gasteiger partial charge in [-0.1, -0.05) is 18.2 Å². The van der Waals surface area contributed by atoms with E-state index >= 15 is 0 Å². The summed E-state index contributed by atoms with van der Waals surface area (Å²) in [5.41, 5.74) is 1.45. The van der Waals surface area contributed by atoms with Gasteiger partial charge in [-0.05, 0) is 35.7 Å². The number of hydrogen-bond donors (Lipinski definition) is 0. The third-order valence-electron chi connectivity index (χ3n) is 3.76. The van der Waals surface area contributed by atoms with Gasteiger partial charge in [0, 0.05) is 16.5 Å². The minimum Gasteiger partial charge on any atom is -0.379 e. The van der Waals surface area contributed by atoms with Crippen LogP contribution in [0.3, 0.4) is 0 Å². The molecule has 3 heteroatoms. The maximum Gasteiger partial charge on any atom is 0.129 e. The molecule has 0 unspecified atom stereocenters. The maximum atomic E-state index is 11.2. The van der Waals surface area contributed by atoms with E-state index in [-0.39, 0.29) is 11.2 Å². The third kappa shape index (κ3) is 1.88. The quantitative estimate of drug-likeness (QED) is 0.840. The van der Waals surface area contributed by atoms with Crippen molar-refractivity contribution < 1.29 is 9.53 Å². The standard InChI is InChI=1S/C15H16O2S/c1-11(16)6-7-15(9-17-10-15)13-8-18-14-5-3-2-4-12(13)14/h2-5,8H,6-7,9-10H2,1H3. The van der Waals surface area contributed by atoms with Crippen LogP contribution in [0.2, 0.25) is 0 Å².